The van der Waals surface area contributed by atoms with E-state index in [1.54, 1.807) is 0 Å². The monoisotopic (exact) mass is 292 g/mol. The predicted molar refractivity (Wildman–Crippen MR) is 81.6 cm³/mol. The minimum atomic E-state index is 0.0504. The van der Waals surface area contributed by atoms with Crippen LogP contribution in [0.2, 0.25) is 0 Å². The van der Waals surface area contributed by atoms with Gasteiger partial charge in [0, 0.05) is 32.6 Å². The molecule has 3 fully saturated rings. The Morgan fingerprint density at radius 2 is 1.57 bits per heavy atom. The molecule has 0 spiro atoms. The molecule has 0 aromatic heterocycles. The molecule has 3 aliphatic rings. The second kappa shape index (κ2) is 6.37. The van der Waals surface area contributed by atoms with Crippen LogP contribution in [0.4, 0.5) is 0 Å². The summed E-state index contributed by atoms with van der Waals surface area (Å²) in [7, 11) is 0. The highest BCUT2D eigenvalue weighted by Gasteiger charge is 2.39. The van der Waals surface area contributed by atoms with Crippen LogP contribution in [-0.4, -0.2) is 47.8 Å². The number of nitrogens with zero attached hydrogens (tertiary/aromatic N) is 2. The zero-order valence-corrected chi connectivity index (χ0v) is 13.2. The molecule has 118 valence electrons. The van der Waals surface area contributed by atoms with Gasteiger partial charge in [-0.15, -0.1) is 0 Å². The predicted octanol–water partition coefficient (Wildman–Crippen LogP) is 2.28. The van der Waals surface area contributed by atoms with Crippen molar-refractivity contribution in [3.63, 3.8) is 0 Å². The molecule has 0 aromatic rings. The molecule has 3 unspecified atom stereocenters. The van der Waals surface area contributed by atoms with Crippen molar-refractivity contribution in [2.75, 3.05) is 26.2 Å². The standard InChI is InChI=1S/C17H28N2O2/c1-2-16(20)18-9-5-8-15(12-18)17(21)19-10-13-6-3-4-7-14(13)11-19/h13-15H,2-12H2,1H3. The molecular weight excluding hydrogens is 264 g/mol. The summed E-state index contributed by atoms with van der Waals surface area (Å²) in [6, 6.07) is 0. The maximum absolute atomic E-state index is 12.8. The van der Waals surface area contributed by atoms with Gasteiger partial charge < -0.3 is 9.80 Å². The van der Waals surface area contributed by atoms with Crippen LogP contribution in [-0.2, 0) is 9.59 Å². The number of amides is 2. The van der Waals surface area contributed by atoms with Crippen LogP contribution in [0.1, 0.15) is 51.9 Å². The molecule has 2 heterocycles. The van der Waals surface area contributed by atoms with Gasteiger partial charge in [0.25, 0.3) is 0 Å². The molecule has 0 N–H and O–H groups in total. The first kappa shape index (κ1) is 14.9. The average Bonchev–Trinajstić information content (AvgIpc) is 2.97. The molecule has 1 saturated carbocycles. The van der Waals surface area contributed by atoms with Gasteiger partial charge in [-0.1, -0.05) is 19.8 Å². The van der Waals surface area contributed by atoms with Crippen LogP contribution in [0.3, 0.4) is 0 Å². The fraction of sp³-hybridized carbons (Fsp3) is 0.882. The van der Waals surface area contributed by atoms with E-state index < -0.39 is 0 Å². The summed E-state index contributed by atoms with van der Waals surface area (Å²) in [4.78, 5) is 28.7. The number of carbonyl (C=O) groups is 2. The van der Waals surface area contributed by atoms with E-state index in [-0.39, 0.29) is 11.8 Å². The fourth-order valence-electron chi connectivity index (χ4n) is 4.47. The van der Waals surface area contributed by atoms with E-state index in [2.05, 4.69) is 4.90 Å². The van der Waals surface area contributed by atoms with Crippen LogP contribution in [0.25, 0.3) is 0 Å². The lowest BCUT2D eigenvalue weighted by atomic mass is 9.82. The van der Waals surface area contributed by atoms with Gasteiger partial charge in [-0.25, -0.2) is 0 Å². The summed E-state index contributed by atoms with van der Waals surface area (Å²) in [5.74, 6) is 2.06. The third kappa shape index (κ3) is 3.09. The fourth-order valence-corrected chi connectivity index (χ4v) is 4.47. The van der Waals surface area contributed by atoms with Gasteiger partial charge in [-0.3, -0.25) is 9.59 Å². The molecule has 4 heteroatoms. The lowest BCUT2D eigenvalue weighted by Gasteiger charge is -2.34. The summed E-state index contributed by atoms with van der Waals surface area (Å²) < 4.78 is 0. The summed E-state index contributed by atoms with van der Waals surface area (Å²) in [5, 5.41) is 0. The Morgan fingerprint density at radius 1 is 0.905 bits per heavy atom. The van der Waals surface area contributed by atoms with E-state index in [0.29, 0.717) is 18.9 Å². The minimum Gasteiger partial charge on any atom is -0.342 e. The lowest BCUT2D eigenvalue weighted by Crippen LogP contribution is -2.46. The van der Waals surface area contributed by atoms with Crippen LogP contribution in [0, 0.1) is 17.8 Å². The number of fused-ring (bicyclic) bond motifs is 1. The quantitative estimate of drug-likeness (QED) is 0.783. The Kier molecular flexibility index (Phi) is 4.51. The third-order valence-corrected chi connectivity index (χ3v) is 5.71. The maximum atomic E-state index is 12.8. The molecule has 1 aliphatic carbocycles. The third-order valence-electron chi connectivity index (χ3n) is 5.71. The van der Waals surface area contributed by atoms with Crippen molar-refractivity contribution in [1.82, 2.24) is 9.80 Å². The highest BCUT2D eigenvalue weighted by Crippen LogP contribution is 2.37. The molecule has 2 saturated heterocycles. The molecule has 0 bridgehead atoms. The first-order valence-electron chi connectivity index (χ1n) is 8.75. The van der Waals surface area contributed by atoms with Gasteiger partial charge in [0.05, 0.1) is 5.92 Å². The SMILES string of the molecule is CCC(=O)N1CCCC(C(=O)N2CC3CCCCC3C2)C1. The molecule has 4 nitrogen and oxygen atoms in total. The second-order valence-electron chi connectivity index (χ2n) is 7.08. The van der Waals surface area contributed by atoms with Crippen molar-refractivity contribution in [3.05, 3.63) is 0 Å². The number of carbonyl (C=O) groups excluding carboxylic acids is 2. The molecule has 0 aromatic carbocycles. The Balaban J connectivity index is 1.58. The number of hydrogen-bond donors (Lipinski definition) is 0. The van der Waals surface area contributed by atoms with Crippen LogP contribution >= 0.6 is 0 Å². The van der Waals surface area contributed by atoms with Crippen LogP contribution < -0.4 is 0 Å². The largest absolute Gasteiger partial charge is 0.342 e. The van der Waals surface area contributed by atoms with Crippen molar-refractivity contribution in [1.29, 1.82) is 0 Å². The first-order chi connectivity index (χ1) is 10.2. The zero-order valence-electron chi connectivity index (χ0n) is 13.2. The highest BCUT2D eigenvalue weighted by atomic mass is 16.2. The molecule has 0 radical (unpaired) electrons. The van der Waals surface area contributed by atoms with E-state index in [0.717, 1.165) is 44.3 Å². The number of rotatable bonds is 2. The normalized spacial score (nSPS) is 32.9. The summed E-state index contributed by atoms with van der Waals surface area (Å²) in [6.45, 7) is 5.33. The molecule has 21 heavy (non-hydrogen) atoms. The Morgan fingerprint density at radius 3 is 2.19 bits per heavy atom. The van der Waals surface area contributed by atoms with Gasteiger partial charge >= 0.3 is 0 Å². The van der Waals surface area contributed by atoms with Crippen LogP contribution in [0.15, 0.2) is 0 Å². The van der Waals surface area contributed by atoms with Gasteiger partial charge in [0.15, 0.2) is 0 Å². The second-order valence-corrected chi connectivity index (χ2v) is 7.08. The number of likely N-dealkylation sites (tertiary alicyclic amines) is 2. The number of piperidine rings is 1. The van der Waals surface area contributed by atoms with Gasteiger partial charge in [-0.2, -0.15) is 0 Å². The maximum Gasteiger partial charge on any atom is 0.227 e. The molecule has 3 rings (SSSR count). The first-order valence-corrected chi connectivity index (χ1v) is 8.75. The lowest BCUT2D eigenvalue weighted by molar-refractivity contribution is -0.140. The zero-order chi connectivity index (χ0) is 14.8. The van der Waals surface area contributed by atoms with E-state index in [9.17, 15) is 9.59 Å². The van der Waals surface area contributed by atoms with E-state index in [1.165, 1.54) is 25.7 Å². The van der Waals surface area contributed by atoms with Crippen molar-refractivity contribution in [3.8, 4) is 0 Å². The summed E-state index contributed by atoms with van der Waals surface area (Å²) >= 11 is 0. The van der Waals surface area contributed by atoms with Gasteiger partial charge in [0.1, 0.15) is 0 Å². The van der Waals surface area contributed by atoms with Crippen molar-refractivity contribution >= 4 is 11.8 Å². The minimum absolute atomic E-state index is 0.0504. The molecule has 2 amide bonds. The summed E-state index contributed by atoms with van der Waals surface area (Å²) in [6.07, 6.45) is 7.77. The topological polar surface area (TPSA) is 40.6 Å². The Labute approximate surface area is 127 Å². The van der Waals surface area contributed by atoms with E-state index >= 15 is 0 Å². The van der Waals surface area contributed by atoms with Crippen LogP contribution in [0.5, 0.6) is 0 Å². The molecular formula is C17H28N2O2. The number of hydrogen-bond acceptors (Lipinski definition) is 2. The van der Waals surface area contributed by atoms with Crippen molar-refractivity contribution < 1.29 is 9.59 Å². The van der Waals surface area contributed by atoms with Gasteiger partial charge in [-0.05, 0) is 37.5 Å². The average molecular weight is 292 g/mol. The smallest absolute Gasteiger partial charge is 0.227 e. The molecule has 2 aliphatic heterocycles. The van der Waals surface area contributed by atoms with E-state index in [4.69, 9.17) is 0 Å². The molecule has 3 atom stereocenters. The highest BCUT2D eigenvalue weighted by molar-refractivity contribution is 5.81. The van der Waals surface area contributed by atoms with Crippen molar-refractivity contribution in [2.45, 2.75) is 51.9 Å². The van der Waals surface area contributed by atoms with E-state index in [1.807, 2.05) is 11.8 Å². The summed E-state index contributed by atoms with van der Waals surface area (Å²) in [5.41, 5.74) is 0. The Bertz CT molecular complexity index is 396. The Hall–Kier alpha value is -1.06. The van der Waals surface area contributed by atoms with Crippen molar-refractivity contribution in [2.24, 2.45) is 17.8 Å². The van der Waals surface area contributed by atoms with Gasteiger partial charge in [0.2, 0.25) is 11.8 Å².